The van der Waals surface area contributed by atoms with Crippen molar-refractivity contribution < 1.29 is 0 Å². The van der Waals surface area contributed by atoms with Gasteiger partial charge in [0.25, 0.3) is 0 Å². The van der Waals surface area contributed by atoms with E-state index < -0.39 is 0 Å². The lowest BCUT2D eigenvalue weighted by Crippen LogP contribution is -1.93. The van der Waals surface area contributed by atoms with Gasteiger partial charge in [-0.1, -0.05) is 212 Å². The summed E-state index contributed by atoms with van der Waals surface area (Å²) < 4.78 is 0. The Kier molecular flexibility index (Phi) is 8.26. The zero-order valence-corrected chi connectivity index (χ0v) is 31.9. The van der Waals surface area contributed by atoms with Crippen LogP contribution >= 0.6 is 0 Å². The van der Waals surface area contributed by atoms with Gasteiger partial charge in [-0.15, -0.1) is 0 Å². The summed E-state index contributed by atoms with van der Waals surface area (Å²) >= 11 is 0. The monoisotopic (exact) mass is 734 g/mol. The normalized spacial score (nSPS) is 11.4. The summed E-state index contributed by atoms with van der Waals surface area (Å²) in [6.45, 7) is 0. The fraction of sp³-hybridized carbons (Fsp3) is 0. The Morgan fingerprint density at radius 3 is 0.931 bits per heavy atom. The fourth-order valence-electron chi connectivity index (χ4n) is 9.09. The van der Waals surface area contributed by atoms with E-state index in [-0.39, 0.29) is 0 Å². The van der Waals surface area contributed by atoms with Crippen LogP contribution in [0.3, 0.4) is 0 Å². The standard InChI is InChI=1S/C58H38/c1-4-16-41(17-5-1)56-50(46-26-24-39-14-10-12-22-44(39)36-46)30-28-48-38-49(29-31-51(48)56)53-33-35-54-55(58(53)43-20-8-3-9-21-43)34-32-52(57(54)42-18-6-2-7-19-42)47-27-25-40-15-11-13-23-45(40)37-47/h1-38H. The Balaban J connectivity index is 1.13. The van der Waals surface area contributed by atoms with Crippen molar-refractivity contribution >= 4 is 43.1 Å². The molecule has 0 nitrogen and oxygen atoms in total. The highest BCUT2D eigenvalue weighted by Crippen LogP contribution is 2.46. The van der Waals surface area contributed by atoms with Gasteiger partial charge in [0.15, 0.2) is 0 Å². The van der Waals surface area contributed by atoms with Crippen molar-refractivity contribution in [3.63, 3.8) is 0 Å². The molecule has 0 aliphatic heterocycles. The van der Waals surface area contributed by atoms with E-state index in [1.54, 1.807) is 0 Å². The first kappa shape index (κ1) is 33.8. The highest BCUT2D eigenvalue weighted by atomic mass is 14.2. The first-order valence-corrected chi connectivity index (χ1v) is 20.1. The molecule has 0 saturated heterocycles. The molecule has 0 amide bonds. The highest BCUT2D eigenvalue weighted by Gasteiger charge is 2.20. The first-order valence-electron chi connectivity index (χ1n) is 20.1. The van der Waals surface area contributed by atoms with Gasteiger partial charge in [0.2, 0.25) is 0 Å². The lowest BCUT2D eigenvalue weighted by molar-refractivity contribution is 1.59. The molecule has 0 aliphatic carbocycles. The van der Waals surface area contributed by atoms with Gasteiger partial charge in [0, 0.05) is 0 Å². The van der Waals surface area contributed by atoms with Gasteiger partial charge in [0.05, 0.1) is 0 Å². The SMILES string of the molecule is c1ccc(-c2c(-c3ccc4ccccc4c3)ccc3cc(-c4ccc5c(-c6ccccc6)c(-c6ccc7ccccc7c6)ccc5c4-c4ccccc4)ccc23)cc1. The molecule has 11 rings (SSSR count). The molecule has 11 aromatic carbocycles. The average molecular weight is 735 g/mol. The van der Waals surface area contributed by atoms with Crippen LogP contribution in [0.15, 0.2) is 231 Å². The summed E-state index contributed by atoms with van der Waals surface area (Å²) in [4.78, 5) is 0. The van der Waals surface area contributed by atoms with Crippen molar-refractivity contribution in [2.75, 3.05) is 0 Å². The van der Waals surface area contributed by atoms with Crippen LogP contribution in [0, 0.1) is 0 Å². The molecule has 0 radical (unpaired) electrons. The van der Waals surface area contributed by atoms with Crippen LogP contribution in [-0.4, -0.2) is 0 Å². The van der Waals surface area contributed by atoms with Gasteiger partial charge in [0.1, 0.15) is 0 Å². The van der Waals surface area contributed by atoms with Crippen LogP contribution in [0.5, 0.6) is 0 Å². The molecule has 0 saturated carbocycles. The Morgan fingerprint density at radius 2 is 0.483 bits per heavy atom. The summed E-state index contributed by atoms with van der Waals surface area (Å²) in [5, 5.41) is 9.94. The number of hydrogen-bond acceptors (Lipinski definition) is 0. The Labute approximate surface area is 339 Å². The molecule has 58 heavy (non-hydrogen) atoms. The van der Waals surface area contributed by atoms with Gasteiger partial charge in [-0.25, -0.2) is 0 Å². The van der Waals surface area contributed by atoms with Gasteiger partial charge in [-0.05, 0) is 128 Å². The zero-order valence-electron chi connectivity index (χ0n) is 31.9. The predicted molar refractivity (Wildman–Crippen MR) is 249 cm³/mol. The molecule has 0 heteroatoms. The van der Waals surface area contributed by atoms with E-state index in [0.717, 1.165) is 0 Å². The van der Waals surface area contributed by atoms with Crippen LogP contribution < -0.4 is 0 Å². The second kappa shape index (κ2) is 14.2. The van der Waals surface area contributed by atoms with Gasteiger partial charge >= 0.3 is 0 Å². The van der Waals surface area contributed by atoms with Crippen LogP contribution in [0.4, 0.5) is 0 Å². The smallest absolute Gasteiger partial charge is 0.00266 e. The number of benzene rings is 11. The molecule has 0 heterocycles. The number of fused-ring (bicyclic) bond motifs is 4. The molecule has 0 fully saturated rings. The second-order valence-corrected chi connectivity index (χ2v) is 15.2. The summed E-state index contributed by atoms with van der Waals surface area (Å²) in [5.74, 6) is 0. The van der Waals surface area contributed by atoms with Crippen LogP contribution in [0.25, 0.3) is 110 Å². The lowest BCUT2D eigenvalue weighted by atomic mass is 9.83. The van der Waals surface area contributed by atoms with E-state index in [2.05, 4.69) is 231 Å². The molecular formula is C58H38. The first-order chi connectivity index (χ1) is 28.8. The van der Waals surface area contributed by atoms with Gasteiger partial charge in [-0.3, -0.25) is 0 Å². The maximum atomic E-state index is 2.39. The minimum atomic E-state index is 1.20. The molecule has 0 aromatic heterocycles. The van der Waals surface area contributed by atoms with E-state index in [1.165, 1.54) is 110 Å². The van der Waals surface area contributed by atoms with E-state index in [4.69, 9.17) is 0 Å². The lowest BCUT2D eigenvalue weighted by Gasteiger charge is -2.20. The van der Waals surface area contributed by atoms with E-state index in [9.17, 15) is 0 Å². The quantitative estimate of drug-likeness (QED) is 0.160. The molecular weight excluding hydrogens is 697 g/mol. The molecule has 11 aromatic rings. The van der Waals surface area contributed by atoms with Gasteiger partial charge in [-0.2, -0.15) is 0 Å². The zero-order chi connectivity index (χ0) is 38.4. The predicted octanol–water partition coefficient (Wildman–Crippen LogP) is 16.3. The third-order valence-electron chi connectivity index (χ3n) is 11.8. The third kappa shape index (κ3) is 5.86. The largest absolute Gasteiger partial charge is 0.0622 e. The summed E-state index contributed by atoms with van der Waals surface area (Å²) in [5.41, 5.74) is 14.7. The van der Waals surface area contributed by atoms with E-state index in [0.29, 0.717) is 0 Å². The summed E-state index contributed by atoms with van der Waals surface area (Å²) in [6.07, 6.45) is 0. The van der Waals surface area contributed by atoms with Crippen molar-refractivity contribution in [3.05, 3.63) is 231 Å². The maximum absolute atomic E-state index is 2.39. The Morgan fingerprint density at radius 1 is 0.172 bits per heavy atom. The Hall–Kier alpha value is -7.54. The van der Waals surface area contributed by atoms with Crippen molar-refractivity contribution in [1.29, 1.82) is 0 Å². The maximum Gasteiger partial charge on any atom is -0.00266 e. The van der Waals surface area contributed by atoms with Crippen LogP contribution in [0.1, 0.15) is 0 Å². The molecule has 0 atom stereocenters. The van der Waals surface area contributed by atoms with Crippen molar-refractivity contribution in [2.45, 2.75) is 0 Å². The van der Waals surface area contributed by atoms with Crippen molar-refractivity contribution in [1.82, 2.24) is 0 Å². The molecule has 270 valence electrons. The van der Waals surface area contributed by atoms with Crippen LogP contribution in [-0.2, 0) is 0 Å². The molecule has 0 N–H and O–H groups in total. The van der Waals surface area contributed by atoms with Crippen molar-refractivity contribution in [3.8, 4) is 66.8 Å². The Bertz CT molecular complexity index is 3300. The minimum absolute atomic E-state index is 1.20. The highest BCUT2D eigenvalue weighted by molar-refractivity contribution is 6.14. The summed E-state index contributed by atoms with van der Waals surface area (Å²) in [6, 6.07) is 84.7. The van der Waals surface area contributed by atoms with E-state index in [1.807, 2.05) is 0 Å². The second-order valence-electron chi connectivity index (χ2n) is 15.2. The molecule has 0 aliphatic rings. The number of rotatable bonds is 6. The number of hydrogen-bond donors (Lipinski definition) is 0. The topological polar surface area (TPSA) is 0 Å². The van der Waals surface area contributed by atoms with E-state index >= 15 is 0 Å². The molecule has 0 unspecified atom stereocenters. The van der Waals surface area contributed by atoms with Crippen LogP contribution in [0.2, 0.25) is 0 Å². The van der Waals surface area contributed by atoms with Gasteiger partial charge < -0.3 is 0 Å². The average Bonchev–Trinajstić information content (AvgIpc) is 3.30. The van der Waals surface area contributed by atoms with Crippen molar-refractivity contribution in [2.24, 2.45) is 0 Å². The minimum Gasteiger partial charge on any atom is -0.0622 e. The molecule has 0 spiro atoms. The molecule has 0 bridgehead atoms. The summed E-state index contributed by atoms with van der Waals surface area (Å²) in [7, 11) is 0. The third-order valence-corrected chi connectivity index (χ3v) is 11.8. The fourth-order valence-corrected chi connectivity index (χ4v) is 9.09.